The zero-order chi connectivity index (χ0) is 18.6. The Hall–Kier alpha value is -2.09. The fourth-order valence-corrected chi connectivity index (χ4v) is 3.01. The van der Waals surface area contributed by atoms with E-state index in [1.54, 1.807) is 20.8 Å². The summed E-state index contributed by atoms with van der Waals surface area (Å²) in [5, 5.41) is 13.8. The topological polar surface area (TPSA) is 97.6 Å². The molecule has 1 fully saturated rings. The largest absolute Gasteiger partial charge is 0.444 e. The van der Waals surface area contributed by atoms with Gasteiger partial charge < -0.3 is 15.0 Å². The molecule has 1 N–H and O–H groups in total. The monoisotopic (exact) mass is 370 g/mol. The molecule has 0 aliphatic carbocycles. The van der Waals surface area contributed by atoms with E-state index in [0.29, 0.717) is 12.4 Å². The lowest BCUT2D eigenvalue weighted by Crippen LogP contribution is -2.48. The van der Waals surface area contributed by atoms with E-state index in [1.807, 2.05) is 4.90 Å². The van der Waals surface area contributed by atoms with Gasteiger partial charge in [0.2, 0.25) is 0 Å². The first-order valence-electron chi connectivity index (χ1n) is 8.21. The highest BCUT2D eigenvalue weighted by molar-refractivity contribution is 6.33. The molecule has 0 spiro atoms. The molecular formula is C16H23ClN4O4. The maximum atomic E-state index is 11.9. The number of anilines is 1. The first kappa shape index (κ1) is 19.2. The number of aromatic nitrogens is 1. The minimum atomic E-state index is -0.556. The Morgan fingerprint density at radius 1 is 1.52 bits per heavy atom. The average molecular weight is 371 g/mol. The van der Waals surface area contributed by atoms with Crippen LogP contribution in [0.3, 0.4) is 0 Å². The molecule has 0 saturated carbocycles. The number of hydrogen-bond acceptors (Lipinski definition) is 6. The average Bonchev–Trinajstić information content (AvgIpc) is 2.51. The fraction of sp³-hybridized carbons (Fsp3) is 0.625. The molecule has 1 amide bonds. The number of nitro groups is 1. The second kappa shape index (κ2) is 7.86. The van der Waals surface area contributed by atoms with Crippen LogP contribution in [0.5, 0.6) is 0 Å². The summed E-state index contributed by atoms with van der Waals surface area (Å²) >= 11 is 6.20. The highest BCUT2D eigenvalue weighted by atomic mass is 35.5. The second-order valence-corrected chi connectivity index (χ2v) is 7.39. The molecule has 1 saturated heterocycles. The third kappa shape index (κ3) is 5.45. The van der Waals surface area contributed by atoms with Crippen molar-refractivity contribution in [1.29, 1.82) is 0 Å². The third-order valence-corrected chi connectivity index (χ3v) is 4.08. The van der Waals surface area contributed by atoms with Crippen molar-refractivity contribution in [3.05, 3.63) is 27.4 Å². The fourth-order valence-electron chi connectivity index (χ4n) is 2.74. The van der Waals surface area contributed by atoms with Gasteiger partial charge in [-0.25, -0.2) is 9.78 Å². The molecule has 0 aromatic carbocycles. The van der Waals surface area contributed by atoms with E-state index in [4.69, 9.17) is 16.3 Å². The molecule has 9 heteroatoms. The normalized spacial score (nSPS) is 17.9. The Morgan fingerprint density at radius 2 is 2.24 bits per heavy atom. The Bertz CT molecular complexity index is 648. The molecule has 1 atom stereocenters. The second-order valence-electron chi connectivity index (χ2n) is 6.98. The van der Waals surface area contributed by atoms with E-state index in [2.05, 4.69) is 10.3 Å². The van der Waals surface area contributed by atoms with E-state index in [1.165, 1.54) is 12.3 Å². The summed E-state index contributed by atoms with van der Waals surface area (Å²) in [6, 6.07) is 1.31. The molecule has 1 aromatic rings. The molecule has 2 heterocycles. The Balaban J connectivity index is 2.08. The molecule has 138 valence electrons. The standard InChI is InChI=1S/C16H23ClN4O4/c1-16(2,3)25-15(22)19-9-11-6-4-5-7-20(11)14-13(17)8-12(10-18-14)21(23)24/h8,10-11H,4-7,9H2,1-3H3,(H,19,22). The molecule has 1 aliphatic rings. The number of alkyl carbamates (subject to hydrolysis) is 1. The molecule has 1 unspecified atom stereocenters. The van der Waals surface area contributed by atoms with Crippen LogP contribution in [-0.4, -0.2) is 40.7 Å². The maximum Gasteiger partial charge on any atom is 0.407 e. The number of carbonyl (C=O) groups is 1. The number of halogens is 1. The third-order valence-electron chi connectivity index (χ3n) is 3.80. The number of carbonyl (C=O) groups excluding carboxylic acids is 1. The van der Waals surface area contributed by atoms with Crippen LogP contribution in [0.2, 0.25) is 5.02 Å². The van der Waals surface area contributed by atoms with Gasteiger partial charge >= 0.3 is 6.09 Å². The molecule has 1 aromatic heterocycles. The molecule has 2 rings (SSSR count). The predicted molar refractivity (Wildman–Crippen MR) is 95.1 cm³/mol. The Morgan fingerprint density at radius 3 is 2.84 bits per heavy atom. The SMILES string of the molecule is CC(C)(C)OC(=O)NCC1CCCCN1c1ncc([N+](=O)[O-])cc1Cl. The van der Waals surface area contributed by atoms with Gasteiger partial charge in [-0.05, 0) is 40.0 Å². The van der Waals surface area contributed by atoms with Crippen molar-refractivity contribution in [1.82, 2.24) is 10.3 Å². The van der Waals surface area contributed by atoms with Gasteiger partial charge in [-0.2, -0.15) is 0 Å². The Labute approximate surface area is 151 Å². The quantitative estimate of drug-likeness (QED) is 0.643. The maximum absolute atomic E-state index is 11.9. The molecule has 0 radical (unpaired) electrons. The lowest BCUT2D eigenvalue weighted by molar-refractivity contribution is -0.385. The van der Waals surface area contributed by atoms with E-state index >= 15 is 0 Å². The van der Waals surface area contributed by atoms with Crippen molar-refractivity contribution in [3.63, 3.8) is 0 Å². The van der Waals surface area contributed by atoms with E-state index in [0.717, 1.165) is 25.8 Å². The van der Waals surface area contributed by atoms with E-state index in [-0.39, 0.29) is 16.8 Å². The van der Waals surface area contributed by atoms with Crippen molar-refractivity contribution in [2.75, 3.05) is 18.0 Å². The summed E-state index contributed by atoms with van der Waals surface area (Å²) < 4.78 is 5.25. The van der Waals surface area contributed by atoms with Crippen LogP contribution in [0.4, 0.5) is 16.3 Å². The highest BCUT2D eigenvalue weighted by Crippen LogP contribution is 2.31. The summed E-state index contributed by atoms with van der Waals surface area (Å²) in [5.41, 5.74) is -0.700. The van der Waals surface area contributed by atoms with Crippen LogP contribution in [0.15, 0.2) is 12.3 Å². The van der Waals surface area contributed by atoms with Gasteiger partial charge in [0.25, 0.3) is 5.69 Å². The van der Waals surface area contributed by atoms with Crippen molar-refractivity contribution < 1.29 is 14.5 Å². The molecular weight excluding hydrogens is 348 g/mol. The minimum Gasteiger partial charge on any atom is -0.444 e. The number of piperidine rings is 1. The lowest BCUT2D eigenvalue weighted by Gasteiger charge is -2.37. The smallest absolute Gasteiger partial charge is 0.407 e. The van der Waals surface area contributed by atoms with Crippen molar-refractivity contribution in [3.8, 4) is 0 Å². The number of ether oxygens (including phenoxy) is 1. The predicted octanol–water partition coefficient (Wildman–Crippen LogP) is 3.53. The molecule has 25 heavy (non-hydrogen) atoms. The van der Waals surface area contributed by atoms with Gasteiger partial charge in [0.1, 0.15) is 17.6 Å². The molecule has 1 aliphatic heterocycles. The summed E-state index contributed by atoms with van der Waals surface area (Å²) in [6.07, 6.45) is 3.60. The van der Waals surface area contributed by atoms with Gasteiger partial charge in [-0.15, -0.1) is 0 Å². The summed E-state index contributed by atoms with van der Waals surface area (Å²) in [5.74, 6) is 0.503. The van der Waals surface area contributed by atoms with E-state index < -0.39 is 16.6 Å². The number of hydrogen-bond donors (Lipinski definition) is 1. The minimum absolute atomic E-state index is 0.00715. The van der Waals surface area contributed by atoms with Gasteiger partial charge in [-0.1, -0.05) is 11.6 Å². The number of pyridine rings is 1. The summed E-state index contributed by atoms with van der Waals surface area (Å²) in [7, 11) is 0. The number of amides is 1. The first-order valence-corrected chi connectivity index (χ1v) is 8.58. The van der Waals surface area contributed by atoms with Crippen molar-refractivity contribution >= 4 is 29.2 Å². The zero-order valence-electron chi connectivity index (χ0n) is 14.6. The van der Waals surface area contributed by atoms with E-state index in [9.17, 15) is 14.9 Å². The van der Waals surface area contributed by atoms with Crippen LogP contribution in [0.25, 0.3) is 0 Å². The number of nitrogens with one attached hydrogen (secondary N) is 1. The molecule has 8 nitrogen and oxygen atoms in total. The first-order chi connectivity index (χ1) is 11.7. The van der Waals surface area contributed by atoms with Gasteiger partial charge in [0.15, 0.2) is 0 Å². The van der Waals surface area contributed by atoms with Gasteiger partial charge in [0.05, 0.1) is 9.95 Å². The molecule has 0 bridgehead atoms. The van der Waals surface area contributed by atoms with Crippen LogP contribution in [0.1, 0.15) is 40.0 Å². The summed E-state index contributed by atoms with van der Waals surface area (Å²) in [6.45, 7) is 6.54. The van der Waals surface area contributed by atoms with Crippen molar-refractivity contribution in [2.45, 2.75) is 51.7 Å². The van der Waals surface area contributed by atoms with Crippen LogP contribution in [0, 0.1) is 10.1 Å². The van der Waals surface area contributed by atoms with Gasteiger partial charge in [0, 0.05) is 25.2 Å². The van der Waals surface area contributed by atoms with Crippen LogP contribution < -0.4 is 10.2 Å². The van der Waals surface area contributed by atoms with Crippen molar-refractivity contribution in [2.24, 2.45) is 0 Å². The highest BCUT2D eigenvalue weighted by Gasteiger charge is 2.27. The Kier molecular flexibility index (Phi) is 6.05. The zero-order valence-corrected chi connectivity index (χ0v) is 15.4. The number of rotatable bonds is 4. The number of nitrogens with zero attached hydrogens (tertiary/aromatic N) is 3. The van der Waals surface area contributed by atoms with Crippen LogP contribution in [-0.2, 0) is 4.74 Å². The summed E-state index contributed by atoms with van der Waals surface area (Å²) in [4.78, 5) is 28.3. The lowest BCUT2D eigenvalue weighted by atomic mass is 10.0. The van der Waals surface area contributed by atoms with Gasteiger partial charge in [-0.3, -0.25) is 10.1 Å². The van der Waals surface area contributed by atoms with Crippen LogP contribution >= 0.6 is 11.6 Å².